The molecule has 3 aromatic carbocycles. The zero-order valence-electron chi connectivity index (χ0n) is 14.7. The van der Waals surface area contributed by atoms with Crippen molar-refractivity contribution < 1.29 is 9.53 Å². The Morgan fingerprint density at radius 2 is 1.63 bits per heavy atom. The third-order valence-corrected chi connectivity index (χ3v) is 4.16. The molecule has 0 aromatic heterocycles. The lowest BCUT2D eigenvalue weighted by molar-refractivity contribution is 0.0977. The lowest BCUT2D eigenvalue weighted by Crippen LogP contribution is -2.34. The highest BCUT2D eigenvalue weighted by molar-refractivity contribution is 7.80. The van der Waals surface area contributed by atoms with E-state index in [2.05, 4.69) is 10.6 Å². The lowest BCUT2D eigenvalue weighted by atomic mass is 10.0. The Morgan fingerprint density at radius 3 is 2.30 bits per heavy atom. The second kappa shape index (κ2) is 8.33. The molecule has 0 unspecified atom stereocenters. The third-order valence-electron chi connectivity index (χ3n) is 3.96. The summed E-state index contributed by atoms with van der Waals surface area (Å²) in [6.07, 6.45) is 0. The van der Waals surface area contributed by atoms with Crippen LogP contribution in [0.1, 0.15) is 10.4 Å². The number of nitrogen functional groups attached to an aromatic ring is 1. The van der Waals surface area contributed by atoms with Gasteiger partial charge in [0.1, 0.15) is 5.75 Å². The number of anilines is 2. The quantitative estimate of drug-likeness (QED) is 0.472. The molecule has 0 fully saturated rings. The number of hydrogen-bond acceptors (Lipinski definition) is 4. The molecule has 136 valence electrons. The molecule has 0 radical (unpaired) electrons. The van der Waals surface area contributed by atoms with Gasteiger partial charge in [-0.3, -0.25) is 10.1 Å². The van der Waals surface area contributed by atoms with Gasteiger partial charge in [-0.25, -0.2) is 0 Å². The first-order valence-electron chi connectivity index (χ1n) is 8.28. The monoisotopic (exact) mass is 377 g/mol. The topological polar surface area (TPSA) is 76.4 Å². The smallest absolute Gasteiger partial charge is 0.257 e. The number of nitrogens with one attached hydrogen (secondary N) is 2. The Bertz CT molecular complexity index is 957. The van der Waals surface area contributed by atoms with E-state index in [4.69, 9.17) is 22.7 Å². The van der Waals surface area contributed by atoms with Crippen LogP contribution in [0.15, 0.2) is 72.8 Å². The highest BCUT2D eigenvalue weighted by atomic mass is 32.1. The van der Waals surface area contributed by atoms with Crippen LogP contribution in [0.2, 0.25) is 0 Å². The van der Waals surface area contributed by atoms with Crippen LogP contribution in [-0.4, -0.2) is 18.1 Å². The number of amides is 1. The SMILES string of the molecule is COc1cc(N)ccc1NC(=S)NC(=O)c1ccc(-c2ccccc2)cc1. The molecule has 0 heterocycles. The fourth-order valence-electron chi connectivity index (χ4n) is 2.58. The Kier molecular flexibility index (Phi) is 5.68. The minimum absolute atomic E-state index is 0.176. The highest BCUT2D eigenvalue weighted by Crippen LogP contribution is 2.26. The third kappa shape index (κ3) is 4.62. The molecule has 0 atom stereocenters. The molecule has 0 spiro atoms. The zero-order chi connectivity index (χ0) is 19.2. The van der Waals surface area contributed by atoms with Crippen LogP contribution in [0, 0.1) is 0 Å². The average molecular weight is 377 g/mol. The van der Waals surface area contributed by atoms with Crippen LogP contribution >= 0.6 is 12.2 Å². The number of benzene rings is 3. The summed E-state index contributed by atoms with van der Waals surface area (Å²) in [6.45, 7) is 0. The summed E-state index contributed by atoms with van der Waals surface area (Å²) in [5.74, 6) is 0.250. The Morgan fingerprint density at radius 1 is 0.963 bits per heavy atom. The number of ether oxygens (including phenoxy) is 1. The first-order valence-corrected chi connectivity index (χ1v) is 8.69. The maximum Gasteiger partial charge on any atom is 0.257 e. The number of carbonyl (C=O) groups is 1. The number of thiocarbonyl (C=S) groups is 1. The van der Waals surface area contributed by atoms with E-state index in [1.807, 2.05) is 42.5 Å². The minimum atomic E-state index is -0.290. The van der Waals surface area contributed by atoms with Gasteiger partial charge in [0.05, 0.1) is 12.8 Å². The van der Waals surface area contributed by atoms with Gasteiger partial charge in [0, 0.05) is 17.3 Å². The largest absolute Gasteiger partial charge is 0.494 e. The predicted molar refractivity (Wildman–Crippen MR) is 113 cm³/mol. The van der Waals surface area contributed by atoms with Gasteiger partial charge in [0.2, 0.25) is 0 Å². The fraction of sp³-hybridized carbons (Fsp3) is 0.0476. The van der Waals surface area contributed by atoms with E-state index < -0.39 is 0 Å². The number of nitrogens with two attached hydrogens (primary N) is 1. The molecule has 0 bridgehead atoms. The van der Waals surface area contributed by atoms with Crippen molar-refractivity contribution in [2.75, 3.05) is 18.2 Å². The fourth-order valence-corrected chi connectivity index (χ4v) is 2.79. The summed E-state index contributed by atoms with van der Waals surface area (Å²) < 4.78 is 5.26. The molecule has 3 aromatic rings. The van der Waals surface area contributed by atoms with Crippen LogP contribution in [-0.2, 0) is 0 Å². The molecule has 0 aliphatic rings. The van der Waals surface area contributed by atoms with Gasteiger partial charge in [-0.2, -0.15) is 0 Å². The molecule has 0 aliphatic carbocycles. The summed E-state index contributed by atoms with van der Waals surface area (Å²) in [5, 5.41) is 5.79. The van der Waals surface area contributed by atoms with E-state index in [0.717, 1.165) is 11.1 Å². The van der Waals surface area contributed by atoms with Gasteiger partial charge in [0.15, 0.2) is 5.11 Å². The molecule has 6 heteroatoms. The van der Waals surface area contributed by atoms with E-state index in [9.17, 15) is 4.79 Å². The summed E-state index contributed by atoms with van der Waals surface area (Å²) in [5.41, 5.74) is 9.58. The van der Waals surface area contributed by atoms with Crippen LogP contribution in [0.25, 0.3) is 11.1 Å². The maximum atomic E-state index is 12.4. The molecule has 1 amide bonds. The van der Waals surface area contributed by atoms with Crippen molar-refractivity contribution >= 4 is 34.6 Å². The Labute approximate surface area is 163 Å². The van der Waals surface area contributed by atoms with Gasteiger partial charge in [-0.05, 0) is 47.6 Å². The molecule has 0 saturated carbocycles. The van der Waals surface area contributed by atoms with Crippen molar-refractivity contribution in [2.45, 2.75) is 0 Å². The zero-order valence-corrected chi connectivity index (χ0v) is 15.5. The summed E-state index contributed by atoms with van der Waals surface area (Å²) in [4.78, 5) is 12.4. The normalized spacial score (nSPS) is 10.1. The molecular weight excluding hydrogens is 358 g/mol. The lowest BCUT2D eigenvalue weighted by Gasteiger charge is -2.13. The molecule has 4 N–H and O–H groups in total. The highest BCUT2D eigenvalue weighted by Gasteiger charge is 2.10. The van der Waals surface area contributed by atoms with Gasteiger partial charge < -0.3 is 15.8 Å². The van der Waals surface area contributed by atoms with Crippen molar-refractivity contribution in [3.63, 3.8) is 0 Å². The van der Waals surface area contributed by atoms with Crippen molar-refractivity contribution in [3.05, 3.63) is 78.4 Å². The molecule has 0 saturated heterocycles. The number of rotatable bonds is 4. The molecule has 0 aliphatic heterocycles. The molecule has 27 heavy (non-hydrogen) atoms. The molecule has 5 nitrogen and oxygen atoms in total. The first-order chi connectivity index (χ1) is 13.1. The summed E-state index contributed by atoms with van der Waals surface area (Å²) in [6, 6.07) is 22.4. The Hall–Kier alpha value is -3.38. The van der Waals surface area contributed by atoms with Gasteiger partial charge in [-0.1, -0.05) is 42.5 Å². The van der Waals surface area contributed by atoms with Crippen LogP contribution in [0.5, 0.6) is 5.75 Å². The maximum absolute atomic E-state index is 12.4. The van der Waals surface area contributed by atoms with Crippen LogP contribution in [0.3, 0.4) is 0 Å². The van der Waals surface area contributed by atoms with Crippen molar-refractivity contribution in [3.8, 4) is 16.9 Å². The number of methoxy groups -OCH3 is 1. The predicted octanol–water partition coefficient (Wildman–Crippen LogP) is 4.07. The van der Waals surface area contributed by atoms with Gasteiger partial charge in [-0.15, -0.1) is 0 Å². The second-order valence-corrected chi connectivity index (χ2v) is 6.22. The summed E-state index contributed by atoms with van der Waals surface area (Å²) >= 11 is 5.23. The standard InChI is InChI=1S/C21H19N3O2S/c1-26-19-13-17(22)11-12-18(19)23-21(27)24-20(25)16-9-7-15(8-10-16)14-5-3-2-4-6-14/h2-13H,22H2,1H3,(H2,23,24,25,27). The van der Waals surface area contributed by atoms with Crippen molar-refractivity contribution in [1.29, 1.82) is 0 Å². The van der Waals surface area contributed by atoms with E-state index in [1.165, 1.54) is 7.11 Å². The molecule has 3 rings (SSSR count). The van der Waals surface area contributed by atoms with Crippen LogP contribution in [0.4, 0.5) is 11.4 Å². The van der Waals surface area contributed by atoms with E-state index in [0.29, 0.717) is 22.7 Å². The van der Waals surface area contributed by atoms with Gasteiger partial charge >= 0.3 is 0 Å². The van der Waals surface area contributed by atoms with Crippen molar-refractivity contribution in [2.24, 2.45) is 0 Å². The van der Waals surface area contributed by atoms with Gasteiger partial charge in [0.25, 0.3) is 5.91 Å². The number of carbonyl (C=O) groups excluding carboxylic acids is 1. The van der Waals surface area contributed by atoms with E-state index in [1.54, 1.807) is 30.3 Å². The van der Waals surface area contributed by atoms with Crippen molar-refractivity contribution in [1.82, 2.24) is 5.32 Å². The Balaban J connectivity index is 1.66. The number of hydrogen-bond donors (Lipinski definition) is 3. The average Bonchev–Trinajstić information content (AvgIpc) is 2.70. The molecular formula is C21H19N3O2S. The van der Waals surface area contributed by atoms with Crippen LogP contribution < -0.4 is 21.1 Å². The summed E-state index contributed by atoms with van der Waals surface area (Å²) in [7, 11) is 1.54. The minimum Gasteiger partial charge on any atom is -0.494 e. The van der Waals surface area contributed by atoms with E-state index >= 15 is 0 Å². The first kappa shape index (κ1) is 18.4. The van der Waals surface area contributed by atoms with E-state index in [-0.39, 0.29) is 11.0 Å². The second-order valence-electron chi connectivity index (χ2n) is 5.81.